The molecule has 0 N–H and O–H groups in total. The number of nitrogens with zero attached hydrogens (tertiary/aromatic N) is 1. The fraction of sp³-hybridized carbons (Fsp3) is 0.318. The molecule has 0 amide bonds. The van der Waals surface area contributed by atoms with E-state index in [0.717, 1.165) is 5.56 Å². The number of benzene rings is 2. The Balaban J connectivity index is 1.86. The number of esters is 1. The van der Waals surface area contributed by atoms with Gasteiger partial charge in [0.15, 0.2) is 0 Å². The maximum Gasteiger partial charge on any atom is 0.321 e. The Morgan fingerprint density at radius 3 is 2.26 bits per heavy atom. The van der Waals surface area contributed by atoms with Gasteiger partial charge < -0.3 is 9.47 Å². The van der Waals surface area contributed by atoms with E-state index >= 15 is 0 Å². The van der Waals surface area contributed by atoms with Gasteiger partial charge in [-0.05, 0) is 23.8 Å². The van der Waals surface area contributed by atoms with Gasteiger partial charge in [-0.25, -0.2) is 8.42 Å². The van der Waals surface area contributed by atoms with E-state index in [9.17, 15) is 23.3 Å². The number of carbonyl (C=O) groups excluding carboxylic acids is 1. The van der Waals surface area contributed by atoms with Gasteiger partial charge in [0.25, 0.3) is 0 Å². The lowest BCUT2D eigenvalue weighted by Gasteiger charge is -2.26. The largest absolute Gasteiger partial charge is 0.458 e. The SMILES string of the molecule is CC(=O)OC1C=CC(C([N+](=O)[O-])S(=O)(=O)c2ccccc2)C1COCc1ccccc1. The summed E-state index contributed by atoms with van der Waals surface area (Å²) >= 11 is 0. The van der Waals surface area contributed by atoms with Gasteiger partial charge in [-0.15, -0.1) is 0 Å². The lowest BCUT2D eigenvalue weighted by Crippen LogP contribution is -2.42. The zero-order valence-corrected chi connectivity index (χ0v) is 17.7. The highest BCUT2D eigenvalue weighted by molar-refractivity contribution is 7.91. The summed E-state index contributed by atoms with van der Waals surface area (Å²) in [5, 5.41) is 9.99. The van der Waals surface area contributed by atoms with Crippen molar-refractivity contribution >= 4 is 15.8 Å². The second-order valence-corrected chi connectivity index (χ2v) is 9.28. The first-order valence-electron chi connectivity index (χ1n) is 9.70. The fourth-order valence-corrected chi connectivity index (χ4v) is 5.42. The number of nitro groups is 1. The minimum absolute atomic E-state index is 0.0147. The van der Waals surface area contributed by atoms with E-state index in [1.165, 1.54) is 43.3 Å². The van der Waals surface area contributed by atoms with Crippen LogP contribution in [0.15, 0.2) is 77.7 Å². The molecule has 0 heterocycles. The van der Waals surface area contributed by atoms with Crippen LogP contribution in [0.2, 0.25) is 0 Å². The molecule has 0 spiro atoms. The molecular weight excluding hydrogens is 422 g/mol. The molecule has 3 rings (SSSR count). The lowest BCUT2D eigenvalue weighted by atomic mass is 9.94. The van der Waals surface area contributed by atoms with Crippen LogP contribution in [0, 0.1) is 22.0 Å². The van der Waals surface area contributed by atoms with Crippen LogP contribution in [-0.4, -0.2) is 37.4 Å². The summed E-state index contributed by atoms with van der Waals surface area (Å²) < 4.78 is 37.2. The summed E-state index contributed by atoms with van der Waals surface area (Å²) in [5.41, 5.74) is 0.900. The molecule has 164 valence electrons. The van der Waals surface area contributed by atoms with Crippen molar-refractivity contribution in [2.45, 2.75) is 29.9 Å². The minimum Gasteiger partial charge on any atom is -0.458 e. The van der Waals surface area contributed by atoms with Crippen LogP contribution < -0.4 is 0 Å². The molecule has 0 aromatic heterocycles. The quantitative estimate of drug-likeness (QED) is 0.252. The van der Waals surface area contributed by atoms with Crippen molar-refractivity contribution in [1.82, 2.24) is 0 Å². The third-order valence-corrected chi connectivity index (χ3v) is 7.14. The summed E-state index contributed by atoms with van der Waals surface area (Å²) in [5.74, 6) is -2.31. The molecule has 0 radical (unpaired) electrons. The van der Waals surface area contributed by atoms with E-state index in [1.807, 2.05) is 30.3 Å². The molecule has 0 saturated heterocycles. The maximum absolute atomic E-state index is 13.1. The molecule has 0 saturated carbocycles. The summed E-state index contributed by atoms with van der Waals surface area (Å²) in [6, 6.07) is 16.6. The lowest BCUT2D eigenvalue weighted by molar-refractivity contribution is -0.505. The molecule has 1 aliphatic rings. The zero-order chi connectivity index (χ0) is 22.4. The minimum atomic E-state index is -4.29. The van der Waals surface area contributed by atoms with Crippen LogP contribution in [0.3, 0.4) is 0 Å². The topological polar surface area (TPSA) is 113 Å². The molecule has 31 heavy (non-hydrogen) atoms. The van der Waals surface area contributed by atoms with E-state index < -0.39 is 44.0 Å². The Kier molecular flexibility index (Phi) is 7.19. The number of hydrogen-bond acceptors (Lipinski definition) is 7. The van der Waals surface area contributed by atoms with Crippen LogP contribution in [0.4, 0.5) is 0 Å². The average molecular weight is 445 g/mol. The first kappa shape index (κ1) is 22.6. The Labute approximate surface area is 180 Å². The monoisotopic (exact) mass is 445 g/mol. The maximum atomic E-state index is 13.1. The van der Waals surface area contributed by atoms with Crippen molar-refractivity contribution in [3.8, 4) is 0 Å². The zero-order valence-electron chi connectivity index (χ0n) is 16.9. The molecule has 4 unspecified atom stereocenters. The Morgan fingerprint density at radius 2 is 1.68 bits per heavy atom. The molecular formula is C22H23NO7S. The molecule has 4 atom stereocenters. The van der Waals surface area contributed by atoms with Crippen molar-refractivity contribution < 1.29 is 27.6 Å². The Bertz CT molecular complexity index is 1040. The molecule has 0 fully saturated rings. The molecule has 9 heteroatoms. The van der Waals surface area contributed by atoms with E-state index in [4.69, 9.17) is 9.47 Å². The first-order valence-corrected chi connectivity index (χ1v) is 11.2. The van der Waals surface area contributed by atoms with Crippen molar-refractivity contribution in [1.29, 1.82) is 0 Å². The molecule has 0 bridgehead atoms. The van der Waals surface area contributed by atoms with Gasteiger partial charge in [0, 0.05) is 17.8 Å². The third-order valence-electron chi connectivity index (χ3n) is 5.09. The summed E-state index contributed by atoms with van der Waals surface area (Å²) in [6.07, 6.45) is 2.13. The second kappa shape index (κ2) is 9.84. The number of rotatable bonds is 9. The Hall–Kier alpha value is -3.04. The summed E-state index contributed by atoms with van der Waals surface area (Å²) in [6.45, 7) is 1.46. The highest BCUT2D eigenvalue weighted by Crippen LogP contribution is 2.36. The van der Waals surface area contributed by atoms with Crippen molar-refractivity contribution in [2.75, 3.05) is 6.61 Å². The number of ether oxygens (including phenoxy) is 2. The third kappa shape index (κ3) is 5.36. The highest BCUT2D eigenvalue weighted by Gasteiger charge is 2.51. The predicted molar refractivity (Wildman–Crippen MR) is 112 cm³/mol. The molecule has 8 nitrogen and oxygen atoms in total. The van der Waals surface area contributed by atoms with E-state index in [0.29, 0.717) is 0 Å². The van der Waals surface area contributed by atoms with Gasteiger partial charge in [-0.2, -0.15) is 0 Å². The van der Waals surface area contributed by atoms with Gasteiger partial charge in [0.2, 0.25) is 9.84 Å². The number of sulfone groups is 1. The molecule has 2 aromatic rings. The van der Waals surface area contributed by atoms with Crippen molar-refractivity contribution in [2.24, 2.45) is 11.8 Å². The van der Waals surface area contributed by atoms with Crippen LogP contribution in [-0.2, 0) is 30.7 Å². The van der Waals surface area contributed by atoms with Crippen LogP contribution in [0.25, 0.3) is 0 Å². The van der Waals surface area contributed by atoms with Gasteiger partial charge in [0.1, 0.15) is 6.10 Å². The van der Waals surface area contributed by atoms with Gasteiger partial charge in [-0.3, -0.25) is 14.9 Å². The number of hydrogen-bond donors (Lipinski definition) is 0. The predicted octanol–water partition coefficient (Wildman–Crippen LogP) is 3.01. The Morgan fingerprint density at radius 1 is 1.06 bits per heavy atom. The first-order chi connectivity index (χ1) is 14.8. The normalized spacial score (nSPS) is 21.5. The standard InChI is InChI=1S/C22H23NO7S/c1-16(24)30-21-13-12-19(20(21)15-29-14-17-8-4-2-5-9-17)22(23(25)26)31(27,28)18-10-6-3-7-11-18/h2-13,19-22H,14-15H2,1H3. The van der Waals surface area contributed by atoms with Crippen molar-refractivity contribution in [3.63, 3.8) is 0 Å². The molecule has 2 aromatic carbocycles. The van der Waals surface area contributed by atoms with E-state index in [-0.39, 0.29) is 18.1 Å². The van der Waals surface area contributed by atoms with Gasteiger partial charge in [-0.1, -0.05) is 54.6 Å². The molecule has 0 aliphatic heterocycles. The average Bonchev–Trinajstić information content (AvgIpc) is 3.10. The van der Waals surface area contributed by atoms with E-state index in [1.54, 1.807) is 6.07 Å². The van der Waals surface area contributed by atoms with Crippen LogP contribution in [0.5, 0.6) is 0 Å². The van der Waals surface area contributed by atoms with E-state index in [2.05, 4.69) is 0 Å². The summed E-state index contributed by atoms with van der Waals surface area (Å²) in [7, 11) is -4.29. The fourth-order valence-electron chi connectivity index (χ4n) is 3.67. The molecule has 1 aliphatic carbocycles. The van der Waals surface area contributed by atoms with Crippen LogP contribution >= 0.6 is 0 Å². The van der Waals surface area contributed by atoms with Gasteiger partial charge in [0.05, 0.1) is 24.0 Å². The highest BCUT2D eigenvalue weighted by atomic mass is 32.2. The second-order valence-electron chi connectivity index (χ2n) is 7.23. The smallest absolute Gasteiger partial charge is 0.321 e. The van der Waals surface area contributed by atoms with Crippen molar-refractivity contribution in [3.05, 3.63) is 88.5 Å². The van der Waals surface area contributed by atoms with Crippen LogP contribution in [0.1, 0.15) is 12.5 Å². The number of carbonyl (C=O) groups is 1. The van der Waals surface area contributed by atoms with Gasteiger partial charge >= 0.3 is 11.3 Å². The summed E-state index contributed by atoms with van der Waals surface area (Å²) in [4.78, 5) is 22.5.